The van der Waals surface area contributed by atoms with Crippen LogP contribution >= 0.6 is 0 Å². The van der Waals surface area contributed by atoms with Crippen LogP contribution in [0.4, 0.5) is 16.2 Å². The lowest BCUT2D eigenvalue weighted by Gasteiger charge is -2.20. The van der Waals surface area contributed by atoms with Crippen molar-refractivity contribution in [2.45, 2.75) is 6.92 Å². The van der Waals surface area contributed by atoms with Crippen LogP contribution in [0.15, 0.2) is 48.5 Å². The smallest absolute Gasteiger partial charge is 0.325 e. The number of imide groups is 1. The molecule has 0 saturated heterocycles. The first-order valence-corrected chi connectivity index (χ1v) is 9.61. The van der Waals surface area contributed by atoms with Gasteiger partial charge in [-0.1, -0.05) is 25.1 Å². The minimum atomic E-state index is -0.622. The van der Waals surface area contributed by atoms with Crippen LogP contribution in [-0.2, 0) is 9.59 Å². The van der Waals surface area contributed by atoms with E-state index < -0.39 is 11.9 Å². The predicted molar refractivity (Wildman–Crippen MR) is 112 cm³/mol. The van der Waals surface area contributed by atoms with Crippen molar-refractivity contribution in [3.05, 3.63) is 48.5 Å². The molecule has 158 valence electrons. The Balaban J connectivity index is 1.46. The van der Waals surface area contributed by atoms with Crippen LogP contribution in [0.5, 0.6) is 11.5 Å². The molecule has 4 amide bonds. The summed E-state index contributed by atoms with van der Waals surface area (Å²) in [4.78, 5) is 38.0. The largest absolute Gasteiger partial charge is 0.486 e. The number of likely N-dealkylation sites (N-methyl/N-ethyl adjacent to an activating group) is 1. The highest BCUT2D eigenvalue weighted by atomic mass is 16.6. The highest BCUT2D eigenvalue weighted by Gasteiger charge is 2.17. The summed E-state index contributed by atoms with van der Waals surface area (Å²) in [7, 11) is 0. The van der Waals surface area contributed by atoms with Gasteiger partial charge in [-0.3, -0.25) is 19.8 Å². The third kappa shape index (κ3) is 6.21. The molecule has 0 bridgehead atoms. The molecule has 3 N–H and O–H groups in total. The minimum Gasteiger partial charge on any atom is -0.486 e. The predicted octanol–water partition coefficient (Wildman–Crippen LogP) is 2.07. The second-order valence-electron chi connectivity index (χ2n) is 6.58. The van der Waals surface area contributed by atoms with Gasteiger partial charge in [0.1, 0.15) is 13.2 Å². The van der Waals surface area contributed by atoms with Crippen molar-refractivity contribution < 1.29 is 23.9 Å². The quantitative estimate of drug-likeness (QED) is 0.642. The molecular weight excluding hydrogens is 388 g/mol. The number of carbonyl (C=O) groups is 3. The summed E-state index contributed by atoms with van der Waals surface area (Å²) in [5, 5.41) is 7.61. The minimum absolute atomic E-state index is 0.00132. The van der Waals surface area contributed by atoms with E-state index in [-0.39, 0.29) is 19.0 Å². The lowest BCUT2D eigenvalue weighted by molar-refractivity contribution is -0.122. The molecule has 0 aliphatic carbocycles. The average Bonchev–Trinajstić information content (AvgIpc) is 2.73. The normalized spacial score (nSPS) is 12.2. The highest BCUT2D eigenvalue weighted by Crippen LogP contribution is 2.32. The second-order valence-corrected chi connectivity index (χ2v) is 6.58. The lowest BCUT2D eigenvalue weighted by atomic mass is 10.2. The van der Waals surface area contributed by atoms with Crippen molar-refractivity contribution in [2.24, 2.45) is 0 Å². The van der Waals surface area contributed by atoms with Crippen LogP contribution in [0.2, 0.25) is 0 Å². The number of nitrogens with one attached hydrogen (secondary N) is 3. The molecule has 9 nitrogen and oxygen atoms in total. The van der Waals surface area contributed by atoms with Crippen LogP contribution in [0, 0.1) is 0 Å². The zero-order valence-electron chi connectivity index (χ0n) is 16.6. The maximum absolute atomic E-state index is 12.4. The first kappa shape index (κ1) is 21.1. The molecule has 0 atom stereocenters. The van der Waals surface area contributed by atoms with Crippen LogP contribution in [0.1, 0.15) is 6.92 Å². The third-order valence-corrected chi connectivity index (χ3v) is 4.29. The van der Waals surface area contributed by atoms with E-state index in [0.717, 1.165) is 0 Å². The van der Waals surface area contributed by atoms with Crippen molar-refractivity contribution >= 4 is 29.2 Å². The standard InChI is InChI=1S/C21H24N4O5/c1-2-25(14-20(27)24-21(28)23-15-6-4-3-5-7-15)13-19(26)22-16-8-9-17-18(12-16)30-11-10-29-17/h3-9,12H,2,10-11,13-14H2,1H3,(H,22,26)(H2,23,24,27,28). The molecule has 2 aromatic rings. The molecule has 0 spiro atoms. The second kappa shape index (κ2) is 10.3. The van der Waals surface area contributed by atoms with Crippen LogP contribution in [-0.4, -0.2) is 55.6 Å². The van der Waals surface area contributed by atoms with Gasteiger partial charge >= 0.3 is 6.03 Å². The van der Waals surface area contributed by atoms with Crippen LogP contribution in [0.25, 0.3) is 0 Å². The Kier molecular flexibility index (Phi) is 7.23. The summed E-state index contributed by atoms with van der Waals surface area (Å²) in [6.07, 6.45) is 0. The summed E-state index contributed by atoms with van der Waals surface area (Å²) in [5.41, 5.74) is 1.15. The van der Waals surface area contributed by atoms with Gasteiger partial charge in [0, 0.05) is 17.4 Å². The van der Waals surface area contributed by atoms with Gasteiger partial charge in [-0.05, 0) is 30.8 Å². The first-order valence-electron chi connectivity index (χ1n) is 9.61. The third-order valence-electron chi connectivity index (χ3n) is 4.29. The number of amides is 4. The van der Waals surface area contributed by atoms with Crippen LogP contribution in [0.3, 0.4) is 0 Å². The number of hydrogen-bond donors (Lipinski definition) is 3. The molecule has 0 radical (unpaired) electrons. The Bertz CT molecular complexity index is 904. The molecule has 0 saturated carbocycles. The monoisotopic (exact) mass is 412 g/mol. The van der Waals surface area contributed by atoms with E-state index in [1.807, 2.05) is 13.0 Å². The van der Waals surface area contributed by atoms with Gasteiger partial charge < -0.3 is 20.1 Å². The molecular formula is C21H24N4O5. The lowest BCUT2D eigenvalue weighted by Crippen LogP contribution is -2.44. The number of urea groups is 1. The fraction of sp³-hybridized carbons (Fsp3) is 0.286. The van der Waals surface area contributed by atoms with Crippen molar-refractivity contribution in [2.75, 3.05) is 43.5 Å². The summed E-state index contributed by atoms with van der Waals surface area (Å²) in [6.45, 7) is 3.15. The number of para-hydroxylation sites is 1. The van der Waals surface area contributed by atoms with Crippen molar-refractivity contribution in [3.8, 4) is 11.5 Å². The van der Waals surface area contributed by atoms with Gasteiger partial charge in [-0.15, -0.1) is 0 Å². The summed E-state index contributed by atoms with van der Waals surface area (Å²) >= 11 is 0. The molecule has 0 unspecified atom stereocenters. The molecule has 30 heavy (non-hydrogen) atoms. The van der Waals surface area contributed by atoms with Gasteiger partial charge in [0.05, 0.1) is 13.1 Å². The van der Waals surface area contributed by atoms with E-state index in [4.69, 9.17) is 9.47 Å². The van der Waals surface area contributed by atoms with Gasteiger partial charge in [0.15, 0.2) is 11.5 Å². The zero-order valence-corrected chi connectivity index (χ0v) is 16.6. The highest BCUT2D eigenvalue weighted by molar-refractivity contribution is 6.02. The van der Waals surface area contributed by atoms with Gasteiger partial charge in [0.25, 0.3) is 0 Å². The Labute approximate surface area is 174 Å². The Morgan fingerprint density at radius 2 is 1.57 bits per heavy atom. The summed E-state index contributed by atoms with van der Waals surface area (Å²) < 4.78 is 11.0. The Hall–Kier alpha value is -3.59. The molecule has 9 heteroatoms. The van der Waals surface area contributed by atoms with E-state index in [1.165, 1.54) is 0 Å². The number of rotatable bonds is 7. The fourth-order valence-corrected chi connectivity index (χ4v) is 2.86. The molecule has 0 aromatic heterocycles. The van der Waals surface area contributed by atoms with E-state index in [2.05, 4.69) is 16.0 Å². The topological polar surface area (TPSA) is 109 Å². The number of hydrogen-bond acceptors (Lipinski definition) is 6. The number of carbonyl (C=O) groups excluding carboxylic acids is 3. The number of benzene rings is 2. The van der Waals surface area contributed by atoms with E-state index in [0.29, 0.717) is 42.6 Å². The Morgan fingerprint density at radius 1 is 0.867 bits per heavy atom. The summed E-state index contributed by atoms with van der Waals surface area (Å²) in [5.74, 6) is 0.433. The van der Waals surface area contributed by atoms with E-state index in [1.54, 1.807) is 47.4 Å². The van der Waals surface area contributed by atoms with Crippen molar-refractivity contribution in [1.82, 2.24) is 10.2 Å². The number of fused-ring (bicyclic) bond motifs is 1. The number of anilines is 2. The number of nitrogens with zero attached hydrogens (tertiary/aromatic N) is 1. The van der Waals surface area contributed by atoms with Crippen LogP contribution < -0.4 is 25.4 Å². The molecule has 0 fully saturated rings. The molecule has 3 rings (SSSR count). The number of ether oxygens (including phenoxy) is 2. The molecule has 1 heterocycles. The molecule has 1 aliphatic rings. The average molecular weight is 412 g/mol. The van der Waals surface area contributed by atoms with Gasteiger partial charge in [0.2, 0.25) is 11.8 Å². The van der Waals surface area contributed by atoms with E-state index in [9.17, 15) is 14.4 Å². The fourth-order valence-electron chi connectivity index (χ4n) is 2.86. The maximum Gasteiger partial charge on any atom is 0.325 e. The Morgan fingerprint density at radius 3 is 2.30 bits per heavy atom. The first-order chi connectivity index (χ1) is 14.5. The van der Waals surface area contributed by atoms with Gasteiger partial charge in [-0.2, -0.15) is 0 Å². The molecule has 2 aromatic carbocycles. The van der Waals surface area contributed by atoms with Crippen molar-refractivity contribution in [3.63, 3.8) is 0 Å². The van der Waals surface area contributed by atoms with E-state index >= 15 is 0 Å². The van der Waals surface area contributed by atoms with Crippen molar-refractivity contribution in [1.29, 1.82) is 0 Å². The maximum atomic E-state index is 12.4. The van der Waals surface area contributed by atoms with Gasteiger partial charge in [-0.25, -0.2) is 4.79 Å². The molecule has 1 aliphatic heterocycles. The SMILES string of the molecule is CCN(CC(=O)NC(=O)Nc1ccccc1)CC(=O)Nc1ccc2c(c1)OCCO2. The zero-order chi connectivity index (χ0) is 21.3. The summed E-state index contributed by atoms with van der Waals surface area (Å²) in [6, 6.07) is 13.3.